The Hall–Kier alpha value is -2.45. The highest BCUT2D eigenvalue weighted by molar-refractivity contribution is 5.84. The van der Waals surface area contributed by atoms with Crippen LogP contribution < -0.4 is 0 Å². The molecule has 1 heterocycles. The van der Waals surface area contributed by atoms with Crippen molar-refractivity contribution < 1.29 is 27.6 Å². The standard InChI is InChI=1S/C19H17F3N2O3/c1-26-14-6-13(7-14)15-8-12(9-16-17(15)24-27-23-16)10-3-2-4-11(5-10)18(25)19(20,21)22/h2-5,8-9,13-14,18,25H,6-7H2,1H3. The quantitative estimate of drug-likeness (QED) is 0.730. The first-order valence-corrected chi connectivity index (χ1v) is 8.51. The molecule has 0 bridgehead atoms. The summed E-state index contributed by atoms with van der Waals surface area (Å²) in [6.07, 6.45) is -5.36. The molecular formula is C19H17F3N2O3. The van der Waals surface area contributed by atoms with Gasteiger partial charge in [-0.25, -0.2) is 4.63 Å². The molecule has 0 radical (unpaired) electrons. The van der Waals surface area contributed by atoms with Crippen molar-refractivity contribution in [1.82, 2.24) is 10.3 Å². The molecule has 1 N–H and O–H groups in total. The van der Waals surface area contributed by atoms with E-state index in [9.17, 15) is 18.3 Å². The lowest BCUT2D eigenvalue weighted by atomic mass is 9.76. The number of aromatic nitrogens is 2. The van der Waals surface area contributed by atoms with E-state index in [0.29, 0.717) is 22.2 Å². The number of aliphatic hydroxyl groups excluding tert-OH is 1. The van der Waals surface area contributed by atoms with E-state index in [-0.39, 0.29) is 17.6 Å². The maximum absolute atomic E-state index is 12.8. The number of benzene rings is 2. The van der Waals surface area contributed by atoms with Crippen molar-refractivity contribution in [2.24, 2.45) is 0 Å². The summed E-state index contributed by atoms with van der Waals surface area (Å²) in [6, 6.07) is 9.42. The molecule has 0 aliphatic heterocycles. The normalized spacial score (nSPS) is 21.2. The molecule has 142 valence electrons. The van der Waals surface area contributed by atoms with Crippen molar-refractivity contribution in [1.29, 1.82) is 0 Å². The minimum absolute atomic E-state index is 0.193. The molecule has 0 amide bonds. The van der Waals surface area contributed by atoms with E-state index in [1.165, 1.54) is 18.2 Å². The van der Waals surface area contributed by atoms with E-state index >= 15 is 0 Å². The lowest BCUT2D eigenvalue weighted by molar-refractivity contribution is -0.206. The van der Waals surface area contributed by atoms with Gasteiger partial charge in [0.05, 0.1) is 6.10 Å². The molecule has 4 rings (SSSR count). The van der Waals surface area contributed by atoms with Crippen LogP contribution in [0.25, 0.3) is 22.2 Å². The molecule has 27 heavy (non-hydrogen) atoms. The molecule has 1 saturated carbocycles. The molecule has 8 heteroatoms. The summed E-state index contributed by atoms with van der Waals surface area (Å²) in [5.74, 6) is 0.230. The molecule has 3 aromatic rings. The maximum Gasteiger partial charge on any atom is 0.418 e. The van der Waals surface area contributed by atoms with Crippen LogP contribution in [0.5, 0.6) is 0 Å². The number of halogens is 3. The van der Waals surface area contributed by atoms with Crippen LogP contribution in [0.2, 0.25) is 0 Å². The number of hydrogen-bond donors (Lipinski definition) is 1. The van der Waals surface area contributed by atoms with E-state index in [1.54, 1.807) is 19.2 Å². The second-order valence-electron chi connectivity index (χ2n) is 6.79. The average molecular weight is 378 g/mol. The number of aliphatic hydroxyl groups is 1. The number of methoxy groups -OCH3 is 1. The summed E-state index contributed by atoms with van der Waals surface area (Å²) in [7, 11) is 1.67. The van der Waals surface area contributed by atoms with Crippen molar-refractivity contribution in [3.63, 3.8) is 0 Å². The molecule has 5 nitrogen and oxygen atoms in total. The first-order chi connectivity index (χ1) is 12.9. The molecule has 1 aliphatic carbocycles. The number of nitrogens with zero attached hydrogens (tertiary/aromatic N) is 2. The fourth-order valence-electron chi connectivity index (χ4n) is 3.48. The Bertz CT molecular complexity index is 964. The predicted octanol–water partition coefficient (Wildman–Crippen LogP) is 4.38. The molecule has 1 atom stereocenters. The number of rotatable bonds is 4. The zero-order valence-electron chi connectivity index (χ0n) is 14.4. The van der Waals surface area contributed by atoms with E-state index in [1.807, 2.05) is 6.07 Å². The first kappa shape index (κ1) is 17.9. The average Bonchev–Trinajstić information content (AvgIpc) is 3.08. The fraction of sp³-hybridized carbons (Fsp3) is 0.368. The zero-order valence-corrected chi connectivity index (χ0v) is 14.4. The van der Waals surface area contributed by atoms with Gasteiger partial charge in [0, 0.05) is 7.11 Å². The van der Waals surface area contributed by atoms with Gasteiger partial charge >= 0.3 is 6.18 Å². The molecule has 1 aliphatic rings. The Labute approximate surface area is 152 Å². The minimum atomic E-state index is -4.72. The van der Waals surface area contributed by atoms with Crippen molar-refractivity contribution in [2.75, 3.05) is 7.11 Å². The third kappa shape index (κ3) is 3.30. The van der Waals surface area contributed by atoms with Gasteiger partial charge in [-0.15, -0.1) is 0 Å². The van der Waals surface area contributed by atoms with Crippen LogP contribution in [0, 0.1) is 0 Å². The fourth-order valence-corrected chi connectivity index (χ4v) is 3.48. The minimum Gasteiger partial charge on any atom is -0.381 e. The molecule has 2 aromatic carbocycles. The Morgan fingerprint density at radius 3 is 2.63 bits per heavy atom. The summed E-state index contributed by atoms with van der Waals surface area (Å²) in [6.45, 7) is 0. The Morgan fingerprint density at radius 1 is 1.15 bits per heavy atom. The zero-order chi connectivity index (χ0) is 19.2. The van der Waals surface area contributed by atoms with Crippen molar-refractivity contribution in [2.45, 2.75) is 37.1 Å². The van der Waals surface area contributed by atoms with Crippen LogP contribution in [0.3, 0.4) is 0 Å². The SMILES string of the molecule is COC1CC(c2cc(-c3cccc(C(O)C(F)(F)F)c3)cc3nonc23)C1. The Balaban J connectivity index is 1.74. The Morgan fingerprint density at radius 2 is 1.93 bits per heavy atom. The van der Waals surface area contributed by atoms with Gasteiger partial charge in [-0.05, 0) is 69.5 Å². The highest BCUT2D eigenvalue weighted by Crippen LogP contribution is 2.42. The lowest BCUT2D eigenvalue weighted by Crippen LogP contribution is -2.28. The molecule has 1 unspecified atom stereocenters. The maximum atomic E-state index is 12.8. The van der Waals surface area contributed by atoms with Gasteiger partial charge in [0.25, 0.3) is 0 Å². The summed E-state index contributed by atoms with van der Waals surface area (Å²) in [4.78, 5) is 0. The highest BCUT2D eigenvalue weighted by Gasteiger charge is 2.39. The largest absolute Gasteiger partial charge is 0.418 e. The molecule has 1 fully saturated rings. The van der Waals surface area contributed by atoms with Crippen LogP contribution in [-0.4, -0.2) is 34.8 Å². The highest BCUT2D eigenvalue weighted by atomic mass is 19.4. The van der Waals surface area contributed by atoms with Crippen LogP contribution in [-0.2, 0) is 4.74 Å². The Kier molecular flexibility index (Phi) is 4.39. The molecule has 0 spiro atoms. The molecule has 1 aromatic heterocycles. The van der Waals surface area contributed by atoms with Crippen LogP contribution in [0.4, 0.5) is 13.2 Å². The monoisotopic (exact) mass is 378 g/mol. The van der Waals surface area contributed by atoms with E-state index in [0.717, 1.165) is 18.4 Å². The predicted molar refractivity (Wildman–Crippen MR) is 91.0 cm³/mol. The number of hydrogen-bond acceptors (Lipinski definition) is 5. The number of fused-ring (bicyclic) bond motifs is 1. The number of ether oxygens (including phenoxy) is 1. The second-order valence-corrected chi connectivity index (χ2v) is 6.79. The third-order valence-electron chi connectivity index (χ3n) is 5.10. The summed E-state index contributed by atoms with van der Waals surface area (Å²) in [5, 5.41) is 17.4. The van der Waals surface area contributed by atoms with Crippen molar-refractivity contribution in [3.8, 4) is 11.1 Å². The van der Waals surface area contributed by atoms with Gasteiger partial charge in [0.1, 0.15) is 11.0 Å². The van der Waals surface area contributed by atoms with E-state index in [4.69, 9.17) is 9.37 Å². The van der Waals surface area contributed by atoms with Gasteiger partial charge in [0.15, 0.2) is 6.10 Å². The van der Waals surface area contributed by atoms with Gasteiger partial charge in [-0.3, -0.25) is 0 Å². The van der Waals surface area contributed by atoms with E-state index < -0.39 is 12.3 Å². The van der Waals surface area contributed by atoms with E-state index in [2.05, 4.69) is 10.3 Å². The number of alkyl halides is 3. The molecule has 0 saturated heterocycles. The smallest absolute Gasteiger partial charge is 0.381 e. The topological polar surface area (TPSA) is 68.4 Å². The van der Waals surface area contributed by atoms with Crippen molar-refractivity contribution >= 4 is 11.0 Å². The lowest BCUT2D eigenvalue weighted by Gasteiger charge is -2.34. The van der Waals surface area contributed by atoms with Gasteiger partial charge in [-0.1, -0.05) is 18.2 Å². The van der Waals surface area contributed by atoms with Gasteiger partial charge < -0.3 is 9.84 Å². The second kappa shape index (κ2) is 6.61. The van der Waals surface area contributed by atoms with Gasteiger partial charge in [0.2, 0.25) is 0 Å². The third-order valence-corrected chi connectivity index (χ3v) is 5.10. The molecular weight excluding hydrogens is 361 g/mol. The summed E-state index contributed by atoms with van der Waals surface area (Å²) >= 11 is 0. The van der Waals surface area contributed by atoms with Crippen LogP contribution in [0.15, 0.2) is 41.0 Å². The summed E-state index contributed by atoms with van der Waals surface area (Å²) < 4.78 is 48.7. The van der Waals surface area contributed by atoms with Gasteiger partial charge in [-0.2, -0.15) is 13.2 Å². The summed E-state index contributed by atoms with van der Waals surface area (Å²) in [5.41, 5.74) is 3.20. The van der Waals surface area contributed by atoms with Crippen LogP contribution in [0.1, 0.15) is 36.0 Å². The first-order valence-electron chi connectivity index (χ1n) is 8.51. The van der Waals surface area contributed by atoms with Crippen molar-refractivity contribution in [3.05, 3.63) is 47.5 Å². The van der Waals surface area contributed by atoms with Crippen LogP contribution >= 0.6 is 0 Å².